The molecule has 2 N–H and O–H groups in total. The summed E-state index contributed by atoms with van der Waals surface area (Å²) in [5, 5.41) is 0. The zero-order valence-electron chi connectivity index (χ0n) is 9.27. The predicted octanol–water partition coefficient (Wildman–Crippen LogP) is 2.12. The quantitative estimate of drug-likeness (QED) is 0.805. The molecule has 0 aliphatic heterocycles. The molecule has 2 aromatic rings. The second kappa shape index (κ2) is 4.06. The summed E-state index contributed by atoms with van der Waals surface area (Å²) in [6.45, 7) is 4.01. The van der Waals surface area contributed by atoms with Gasteiger partial charge in [-0.3, -0.25) is 0 Å². The number of para-hydroxylation sites is 1. The molecule has 0 atom stereocenters. The molecular weight excluding hydrogens is 218 g/mol. The first-order valence-electron chi connectivity index (χ1n) is 5.01. The van der Waals surface area contributed by atoms with Crippen LogP contribution in [0.4, 0.5) is 0 Å². The fourth-order valence-electron chi connectivity index (χ4n) is 1.63. The Kier molecular flexibility index (Phi) is 2.75. The van der Waals surface area contributed by atoms with Gasteiger partial charge in [0.2, 0.25) is 0 Å². The Bertz CT molecular complexity index is 543. The fraction of sp³-hybridized carbons (Fsp3) is 0.167. The van der Waals surface area contributed by atoms with Crippen LogP contribution in [0.15, 0.2) is 30.6 Å². The van der Waals surface area contributed by atoms with Crippen molar-refractivity contribution >= 4 is 17.2 Å². The Morgan fingerprint density at radius 3 is 2.56 bits per heavy atom. The Hall–Kier alpha value is -1.68. The SMILES string of the molecule is Cc1ncn(-c2ccccc2C(N)=S)c1C. The average Bonchev–Trinajstić information content (AvgIpc) is 2.60. The van der Waals surface area contributed by atoms with E-state index >= 15 is 0 Å². The molecule has 82 valence electrons. The van der Waals surface area contributed by atoms with Gasteiger partial charge >= 0.3 is 0 Å². The van der Waals surface area contributed by atoms with E-state index in [0.29, 0.717) is 4.99 Å². The predicted molar refractivity (Wildman–Crippen MR) is 68.9 cm³/mol. The Labute approximate surface area is 99.9 Å². The molecule has 0 unspecified atom stereocenters. The van der Waals surface area contributed by atoms with Crippen molar-refractivity contribution < 1.29 is 0 Å². The standard InChI is InChI=1S/C12H13N3S/c1-8-9(2)15(7-14-8)11-6-4-3-5-10(11)12(13)16/h3-7H,1-2H3,(H2,13,16). The molecule has 1 heterocycles. The number of nitrogens with zero attached hydrogens (tertiary/aromatic N) is 2. The molecule has 2 rings (SSSR count). The molecule has 0 bridgehead atoms. The maximum atomic E-state index is 5.71. The third kappa shape index (κ3) is 1.72. The van der Waals surface area contributed by atoms with Crippen LogP contribution in [-0.2, 0) is 0 Å². The van der Waals surface area contributed by atoms with E-state index in [1.165, 1.54) is 0 Å². The Morgan fingerprint density at radius 2 is 2.00 bits per heavy atom. The molecule has 0 radical (unpaired) electrons. The number of aryl methyl sites for hydroxylation is 1. The third-order valence-electron chi connectivity index (χ3n) is 2.68. The van der Waals surface area contributed by atoms with Crippen molar-refractivity contribution in [3.63, 3.8) is 0 Å². The maximum Gasteiger partial charge on any atom is 0.106 e. The summed E-state index contributed by atoms with van der Waals surface area (Å²) in [5.74, 6) is 0. The molecule has 4 heteroatoms. The van der Waals surface area contributed by atoms with Crippen molar-refractivity contribution in [2.75, 3.05) is 0 Å². The first-order valence-corrected chi connectivity index (χ1v) is 5.42. The van der Waals surface area contributed by atoms with Crippen molar-refractivity contribution in [3.8, 4) is 5.69 Å². The lowest BCUT2D eigenvalue weighted by atomic mass is 10.1. The van der Waals surface area contributed by atoms with Crippen LogP contribution in [0.2, 0.25) is 0 Å². The van der Waals surface area contributed by atoms with Crippen LogP contribution in [0.3, 0.4) is 0 Å². The number of rotatable bonds is 2. The van der Waals surface area contributed by atoms with Gasteiger partial charge in [0.05, 0.1) is 17.7 Å². The van der Waals surface area contributed by atoms with Gasteiger partial charge in [0.25, 0.3) is 0 Å². The summed E-state index contributed by atoms with van der Waals surface area (Å²) in [4.78, 5) is 4.68. The minimum Gasteiger partial charge on any atom is -0.389 e. The van der Waals surface area contributed by atoms with E-state index < -0.39 is 0 Å². The lowest BCUT2D eigenvalue weighted by Gasteiger charge is -2.10. The van der Waals surface area contributed by atoms with Gasteiger partial charge in [-0.15, -0.1) is 0 Å². The first-order chi connectivity index (χ1) is 7.61. The van der Waals surface area contributed by atoms with Crippen LogP contribution in [0, 0.1) is 13.8 Å². The summed E-state index contributed by atoms with van der Waals surface area (Å²) >= 11 is 5.04. The molecule has 0 aliphatic rings. The van der Waals surface area contributed by atoms with E-state index in [2.05, 4.69) is 4.98 Å². The lowest BCUT2D eigenvalue weighted by Crippen LogP contribution is -2.13. The molecule has 0 fully saturated rings. The number of aromatic nitrogens is 2. The number of imidazole rings is 1. The minimum absolute atomic E-state index is 0.404. The lowest BCUT2D eigenvalue weighted by molar-refractivity contribution is 0.998. The Morgan fingerprint density at radius 1 is 1.31 bits per heavy atom. The second-order valence-electron chi connectivity index (χ2n) is 3.67. The van der Waals surface area contributed by atoms with Gasteiger partial charge in [0, 0.05) is 11.3 Å². The molecule has 0 aliphatic carbocycles. The van der Waals surface area contributed by atoms with Gasteiger partial charge in [0.1, 0.15) is 4.99 Å². The number of thiocarbonyl (C=S) groups is 1. The van der Waals surface area contributed by atoms with Gasteiger partial charge in [-0.1, -0.05) is 24.4 Å². The largest absolute Gasteiger partial charge is 0.389 e. The van der Waals surface area contributed by atoms with E-state index in [1.54, 1.807) is 6.33 Å². The monoisotopic (exact) mass is 231 g/mol. The van der Waals surface area contributed by atoms with E-state index in [4.69, 9.17) is 18.0 Å². The molecule has 0 amide bonds. The Balaban J connectivity index is 2.64. The van der Waals surface area contributed by atoms with E-state index in [0.717, 1.165) is 22.6 Å². The zero-order chi connectivity index (χ0) is 11.7. The van der Waals surface area contributed by atoms with E-state index in [1.807, 2.05) is 42.7 Å². The molecule has 0 saturated heterocycles. The highest BCUT2D eigenvalue weighted by atomic mass is 32.1. The summed E-state index contributed by atoms with van der Waals surface area (Å²) in [6.07, 6.45) is 1.79. The van der Waals surface area contributed by atoms with Gasteiger partial charge < -0.3 is 10.3 Å². The summed E-state index contributed by atoms with van der Waals surface area (Å²) < 4.78 is 2.00. The first kappa shape index (κ1) is 10.8. The van der Waals surface area contributed by atoms with Gasteiger partial charge in [-0.05, 0) is 26.0 Å². The highest BCUT2D eigenvalue weighted by Crippen LogP contribution is 2.17. The number of benzene rings is 1. The molecule has 1 aromatic heterocycles. The molecule has 1 aromatic carbocycles. The third-order valence-corrected chi connectivity index (χ3v) is 2.90. The van der Waals surface area contributed by atoms with E-state index in [9.17, 15) is 0 Å². The molecule has 16 heavy (non-hydrogen) atoms. The van der Waals surface area contributed by atoms with E-state index in [-0.39, 0.29) is 0 Å². The van der Waals surface area contributed by atoms with Crippen molar-refractivity contribution in [2.24, 2.45) is 5.73 Å². The van der Waals surface area contributed by atoms with Crippen LogP contribution >= 0.6 is 12.2 Å². The summed E-state index contributed by atoms with van der Waals surface area (Å²) in [7, 11) is 0. The summed E-state index contributed by atoms with van der Waals surface area (Å²) in [5.41, 5.74) is 9.67. The molecule has 0 saturated carbocycles. The number of hydrogen-bond donors (Lipinski definition) is 1. The summed E-state index contributed by atoms with van der Waals surface area (Å²) in [6, 6.07) is 7.80. The van der Waals surface area contributed by atoms with Gasteiger partial charge in [-0.2, -0.15) is 0 Å². The highest BCUT2D eigenvalue weighted by Gasteiger charge is 2.09. The fourth-order valence-corrected chi connectivity index (χ4v) is 1.81. The average molecular weight is 231 g/mol. The van der Waals surface area contributed by atoms with Crippen molar-refractivity contribution in [1.29, 1.82) is 0 Å². The number of hydrogen-bond acceptors (Lipinski definition) is 2. The smallest absolute Gasteiger partial charge is 0.106 e. The topological polar surface area (TPSA) is 43.8 Å². The highest BCUT2D eigenvalue weighted by molar-refractivity contribution is 7.80. The molecule has 0 spiro atoms. The zero-order valence-corrected chi connectivity index (χ0v) is 10.1. The van der Waals surface area contributed by atoms with Gasteiger partial charge in [-0.25, -0.2) is 4.98 Å². The van der Waals surface area contributed by atoms with Crippen molar-refractivity contribution in [3.05, 3.63) is 47.5 Å². The number of nitrogens with two attached hydrogens (primary N) is 1. The van der Waals surface area contributed by atoms with Crippen LogP contribution < -0.4 is 5.73 Å². The van der Waals surface area contributed by atoms with Crippen molar-refractivity contribution in [1.82, 2.24) is 9.55 Å². The molecule has 3 nitrogen and oxygen atoms in total. The van der Waals surface area contributed by atoms with Gasteiger partial charge in [0.15, 0.2) is 0 Å². The van der Waals surface area contributed by atoms with Crippen LogP contribution in [0.5, 0.6) is 0 Å². The second-order valence-corrected chi connectivity index (χ2v) is 4.11. The minimum atomic E-state index is 0.404. The van der Waals surface area contributed by atoms with Crippen LogP contribution in [0.1, 0.15) is 17.0 Å². The van der Waals surface area contributed by atoms with Crippen LogP contribution in [-0.4, -0.2) is 14.5 Å². The van der Waals surface area contributed by atoms with Crippen LogP contribution in [0.25, 0.3) is 5.69 Å². The van der Waals surface area contributed by atoms with Crippen molar-refractivity contribution in [2.45, 2.75) is 13.8 Å². The normalized spacial score (nSPS) is 10.4. The maximum absolute atomic E-state index is 5.71. The molecular formula is C12H13N3S.